The minimum atomic E-state index is -0.640. The molecule has 0 saturated heterocycles. The zero-order chi connectivity index (χ0) is 21.1. The molecule has 0 aliphatic heterocycles. The monoisotopic (exact) mass is 399 g/mol. The number of rotatable bonds is 5. The van der Waals surface area contributed by atoms with Crippen molar-refractivity contribution in [1.29, 1.82) is 0 Å². The van der Waals surface area contributed by atoms with Crippen LogP contribution in [0.2, 0.25) is 0 Å². The number of amides is 1. The van der Waals surface area contributed by atoms with E-state index in [1.165, 1.54) is 25.3 Å². The molecule has 1 atom stereocenters. The molecule has 0 radical (unpaired) electrons. The van der Waals surface area contributed by atoms with E-state index in [9.17, 15) is 29.7 Å². The van der Waals surface area contributed by atoms with Crippen molar-refractivity contribution in [3.63, 3.8) is 0 Å². The van der Waals surface area contributed by atoms with Gasteiger partial charge in [-0.15, -0.1) is 0 Å². The maximum absolute atomic E-state index is 12.2. The van der Waals surface area contributed by atoms with Crippen molar-refractivity contribution in [1.82, 2.24) is 5.32 Å². The van der Waals surface area contributed by atoms with Gasteiger partial charge in [-0.05, 0) is 47.7 Å². The minimum Gasteiger partial charge on any atom is -0.504 e. The standard InChI is InChI=1S/C21H21NO7/c1-29-17-9-11-4-6-14(22-18(26)3-2-8-23)13-10-16(25)15(24)7-5-12(13)19(11)21(28)20(17)27/h5,7-10,14,27-28H,2-4,6H2,1H3,(H,22,26)(H,24,25). The summed E-state index contributed by atoms with van der Waals surface area (Å²) in [7, 11) is 1.36. The fourth-order valence-corrected chi connectivity index (χ4v) is 3.55. The molecule has 0 spiro atoms. The van der Waals surface area contributed by atoms with Crippen LogP contribution in [0.25, 0.3) is 11.1 Å². The SMILES string of the molecule is COc1cc2c(c(O)c1O)-c1ccc(O)c(=O)cc1C(NC(=O)CCC=O)CC2. The molecule has 1 aliphatic carbocycles. The molecular weight excluding hydrogens is 378 g/mol. The Morgan fingerprint density at radius 3 is 2.69 bits per heavy atom. The van der Waals surface area contributed by atoms with Gasteiger partial charge in [0.15, 0.2) is 17.2 Å². The number of aryl methyl sites for hydroxylation is 1. The van der Waals surface area contributed by atoms with Crippen LogP contribution in [0.4, 0.5) is 0 Å². The highest BCUT2D eigenvalue weighted by molar-refractivity contribution is 5.83. The van der Waals surface area contributed by atoms with E-state index >= 15 is 0 Å². The van der Waals surface area contributed by atoms with Crippen LogP contribution in [0.5, 0.6) is 23.0 Å². The zero-order valence-corrected chi connectivity index (χ0v) is 15.8. The highest BCUT2D eigenvalue weighted by Crippen LogP contribution is 2.49. The smallest absolute Gasteiger partial charge is 0.220 e. The number of hydrogen-bond donors (Lipinski definition) is 4. The number of fused-ring (bicyclic) bond motifs is 3. The van der Waals surface area contributed by atoms with Crippen molar-refractivity contribution in [3.05, 3.63) is 45.6 Å². The van der Waals surface area contributed by atoms with E-state index < -0.39 is 28.7 Å². The summed E-state index contributed by atoms with van der Waals surface area (Å²) >= 11 is 0. The van der Waals surface area contributed by atoms with Gasteiger partial charge in [-0.2, -0.15) is 0 Å². The Kier molecular flexibility index (Phi) is 5.72. The minimum absolute atomic E-state index is 0.0105. The zero-order valence-electron chi connectivity index (χ0n) is 15.8. The second-order valence-corrected chi connectivity index (χ2v) is 6.77. The Bertz CT molecular complexity index is 1030. The van der Waals surface area contributed by atoms with Crippen molar-refractivity contribution < 1.29 is 29.6 Å². The summed E-state index contributed by atoms with van der Waals surface area (Å²) in [6.07, 6.45) is 1.54. The van der Waals surface area contributed by atoms with Gasteiger partial charge in [0.05, 0.1) is 13.2 Å². The van der Waals surface area contributed by atoms with Crippen LogP contribution in [0.1, 0.15) is 36.4 Å². The number of carbonyl (C=O) groups is 2. The molecule has 29 heavy (non-hydrogen) atoms. The lowest BCUT2D eigenvalue weighted by Crippen LogP contribution is -2.29. The normalized spacial score (nSPS) is 14.9. The van der Waals surface area contributed by atoms with Crippen molar-refractivity contribution in [3.8, 4) is 34.1 Å². The van der Waals surface area contributed by atoms with Crippen LogP contribution in [0.3, 0.4) is 0 Å². The topological polar surface area (TPSA) is 133 Å². The van der Waals surface area contributed by atoms with Gasteiger partial charge in [0.2, 0.25) is 17.1 Å². The van der Waals surface area contributed by atoms with Crippen LogP contribution in [0, 0.1) is 0 Å². The first-order chi connectivity index (χ1) is 13.9. The molecule has 0 saturated carbocycles. The van der Waals surface area contributed by atoms with Crippen LogP contribution in [-0.2, 0) is 16.0 Å². The molecule has 0 aromatic heterocycles. The van der Waals surface area contributed by atoms with Gasteiger partial charge in [0.1, 0.15) is 6.29 Å². The third-order valence-corrected chi connectivity index (χ3v) is 4.97. The van der Waals surface area contributed by atoms with Crippen LogP contribution < -0.4 is 15.5 Å². The number of methoxy groups -OCH3 is 1. The number of benzene rings is 1. The molecule has 4 N–H and O–H groups in total. The van der Waals surface area contributed by atoms with Gasteiger partial charge >= 0.3 is 0 Å². The molecule has 0 fully saturated rings. The number of phenolic OH excluding ortho intramolecular Hbond substituents is 2. The van der Waals surface area contributed by atoms with E-state index in [4.69, 9.17) is 4.74 Å². The molecule has 0 heterocycles. The molecular formula is C21H21NO7. The van der Waals surface area contributed by atoms with E-state index in [1.807, 2.05) is 0 Å². The Morgan fingerprint density at radius 2 is 2.00 bits per heavy atom. The number of aromatic hydroxyl groups is 3. The summed E-state index contributed by atoms with van der Waals surface area (Å²) < 4.78 is 5.11. The van der Waals surface area contributed by atoms with E-state index in [1.54, 1.807) is 6.07 Å². The van der Waals surface area contributed by atoms with Gasteiger partial charge in [-0.25, -0.2) is 0 Å². The van der Waals surface area contributed by atoms with Gasteiger partial charge in [-0.3, -0.25) is 9.59 Å². The van der Waals surface area contributed by atoms with Gasteiger partial charge in [0.25, 0.3) is 0 Å². The van der Waals surface area contributed by atoms with Crippen molar-refractivity contribution >= 4 is 12.2 Å². The first-order valence-corrected chi connectivity index (χ1v) is 9.09. The highest BCUT2D eigenvalue weighted by atomic mass is 16.5. The van der Waals surface area contributed by atoms with Crippen LogP contribution in [-0.4, -0.2) is 34.6 Å². The second-order valence-electron chi connectivity index (χ2n) is 6.77. The second kappa shape index (κ2) is 8.22. The van der Waals surface area contributed by atoms with Gasteiger partial charge < -0.3 is 30.2 Å². The lowest BCUT2D eigenvalue weighted by atomic mass is 9.95. The van der Waals surface area contributed by atoms with Crippen LogP contribution >= 0.6 is 0 Å². The maximum Gasteiger partial charge on any atom is 0.220 e. The van der Waals surface area contributed by atoms with Crippen LogP contribution in [0.15, 0.2) is 29.1 Å². The molecule has 1 unspecified atom stereocenters. The third-order valence-electron chi connectivity index (χ3n) is 4.97. The number of hydrogen-bond acceptors (Lipinski definition) is 7. The van der Waals surface area contributed by atoms with Crippen molar-refractivity contribution in [2.45, 2.75) is 31.7 Å². The van der Waals surface area contributed by atoms with Crippen molar-refractivity contribution in [2.75, 3.05) is 7.11 Å². The Hall–Kier alpha value is -3.55. The predicted octanol–water partition coefficient (Wildman–Crippen LogP) is 1.92. The van der Waals surface area contributed by atoms with E-state index in [2.05, 4.69) is 5.32 Å². The Balaban J connectivity index is 2.21. The van der Waals surface area contributed by atoms with Gasteiger partial charge in [-0.1, -0.05) is 6.07 Å². The van der Waals surface area contributed by atoms with E-state index in [-0.39, 0.29) is 24.5 Å². The molecule has 2 aromatic rings. The maximum atomic E-state index is 12.2. The molecule has 1 amide bonds. The predicted molar refractivity (Wildman–Crippen MR) is 104 cm³/mol. The quantitative estimate of drug-likeness (QED) is 0.446. The number of ether oxygens (including phenoxy) is 1. The summed E-state index contributed by atoms with van der Waals surface area (Å²) in [5, 5.41) is 33.6. The fourth-order valence-electron chi connectivity index (χ4n) is 3.55. The Morgan fingerprint density at radius 1 is 1.24 bits per heavy atom. The largest absolute Gasteiger partial charge is 0.504 e. The molecule has 152 valence electrons. The van der Waals surface area contributed by atoms with E-state index in [0.717, 1.165) is 0 Å². The summed E-state index contributed by atoms with van der Waals surface area (Å²) in [5.74, 6) is -1.59. The summed E-state index contributed by atoms with van der Waals surface area (Å²) in [5.41, 5.74) is 1.11. The first kappa shape index (κ1) is 20.2. The number of carbonyl (C=O) groups excluding carboxylic acids is 2. The molecule has 8 nitrogen and oxygen atoms in total. The lowest BCUT2D eigenvalue weighted by Gasteiger charge is -2.18. The summed E-state index contributed by atoms with van der Waals surface area (Å²) in [4.78, 5) is 35.0. The molecule has 2 aromatic carbocycles. The van der Waals surface area contributed by atoms with Crippen molar-refractivity contribution in [2.24, 2.45) is 0 Å². The number of aldehydes is 1. The third kappa shape index (κ3) is 3.87. The summed E-state index contributed by atoms with van der Waals surface area (Å²) in [6.45, 7) is 0. The first-order valence-electron chi connectivity index (χ1n) is 9.09. The molecule has 3 rings (SSSR count). The molecule has 0 bridgehead atoms. The fraction of sp³-hybridized carbons (Fsp3) is 0.286. The average Bonchev–Trinajstić information content (AvgIpc) is 2.93. The number of nitrogens with one attached hydrogen (secondary N) is 1. The lowest BCUT2D eigenvalue weighted by molar-refractivity contribution is -0.123. The highest BCUT2D eigenvalue weighted by Gasteiger charge is 2.28. The van der Waals surface area contributed by atoms with Gasteiger partial charge in [0, 0.05) is 18.4 Å². The molecule has 8 heteroatoms. The average molecular weight is 399 g/mol. The van der Waals surface area contributed by atoms with E-state index in [0.29, 0.717) is 41.4 Å². The Labute approximate surface area is 166 Å². The summed E-state index contributed by atoms with van der Waals surface area (Å²) in [6, 6.07) is 4.89. The molecule has 1 aliphatic rings. The number of phenols is 2.